The first kappa shape index (κ1) is 7.47. The van der Waals surface area contributed by atoms with Gasteiger partial charge in [-0.25, -0.2) is 0 Å². The van der Waals surface area contributed by atoms with Gasteiger partial charge < -0.3 is 5.32 Å². The lowest BCUT2D eigenvalue weighted by atomic mass is 9.88. The Morgan fingerprint density at radius 3 is 2.55 bits per heavy atom. The van der Waals surface area contributed by atoms with Gasteiger partial charge in [-0.15, -0.1) is 11.8 Å². The summed E-state index contributed by atoms with van der Waals surface area (Å²) in [5, 5.41) is 2.90. The molecule has 0 aromatic heterocycles. The summed E-state index contributed by atoms with van der Waals surface area (Å²) in [6, 6.07) is 0. The van der Waals surface area contributed by atoms with Crippen LogP contribution in [-0.2, 0) is 4.79 Å². The second-order valence-electron chi connectivity index (χ2n) is 3.35. The maximum atomic E-state index is 11.4. The summed E-state index contributed by atoms with van der Waals surface area (Å²) in [6.07, 6.45) is 5.99. The Hall–Kier alpha value is -0.180. The predicted octanol–water partition coefficient (Wildman–Crippen LogP) is 1.51. The zero-order chi connectivity index (χ0) is 7.73. The molecule has 62 valence electrons. The van der Waals surface area contributed by atoms with Crippen molar-refractivity contribution < 1.29 is 4.79 Å². The van der Waals surface area contributed by atoms with E-state index in [0.717, 1.165) is 18.7 Å². The molecule has 1 aliphatic heterocycles. The summed E-state index contributed by atoms with van der Waals surface area (Å²) in [5.41, 5.74) is 0. The zero-order valence-electron chi connectivity index (χ0n) is 6.56. The van der Waals surface area contributed by atoms with Crippen molar-refractivity contribution in [2.45, 2.75) is 36.9 Å². The molecule has 0 aromatic rings. The molecule has 1 saturated heterocycles. The average molecular weight is 171 g/mol. The van der Waals surface area contributed by atoms with Crippen LogP contribution in [0.1, 0.15) is 32.1 Å². The Morgan fingerprint density at radius 2 is 2.00 bits per heavy atom. The van der Waals surface area contributed by atoms with Gasteiger partial charge in [0.05, 0.1) is 10.6 Å². The molecule has 1 N–H and O–H groups in total. The van der Waals surface area contributed by atoms with Crippen LogP contribution < -0.4 is 5.32 Å². The quantitative estimate of drug-likeness (QED) is 0.598. The van der Waals surface area contributed by atoms with Crippen LogP contribution in [-0.4, -0.2) is 16.5 Å². The van der Waals surface area contributed by atoms with Crippen LogP contribution in [0.3, 0.4) is 0 Å². The third-order valence-corrected chi connectivity index (χ3v) is 4.09. The van der Waals surface area contributed by atoms with Gasteiger partial charge in [-0.3, -0.25) is 4.79 Å². The molecule has 3 heteroatoms. The first-order chi connectivity index (χ1) is 5.33. The second kappa shape index (κ2) is 2.70. The standard InChI is InChI=1S/C8H13NOS/c10-7-8(11-6-9-7)4-2-1-3-5-8/h1-6H2,(H,9,10). The molecule has 0 bridgehead atoms. The van der Waals surface area contributed by atoms with Crippen molar-refractivity contribution in [3.63, 3.8) is 0 Å². The summed E-state index contributed by atoms with van der Waals surface area (Å²) in [7, 11) is 0. The molecular weight excluding hydrogens is 158 g/mol. The predicted molar refractivity (Wildman–Crippen MR) is 46.4 cm³/mol. The number of rotatable bonds is 0. The molecule has 2 nitrogen and oxygen atoms in total. The smallest absolute Gasteiger partial charge is 0.236 e. The number of amides is 1. The van der Waals surface area contributed by atoms with Gasteiger partial charge in [0.25, 0.3) is 0 Å². The minimum absolute atomic E-state index is 0.00174. The Labute approximate surface area is 71.1 Å². The van der Waals surface area contributed by atoms with E-state index in [2.05, 4.69) is 5.32 Å². The Morgan fingerprint density at radius 1 is 1.27 bits per heavy atom. The van der Waals surface area contributed by atoms with Crippen molar-refractivity contribution in [1.29, 1.82) is 0 Å². The van der Waals surface area contributed by atoms with Crippen LogP contribution in [0, 0.1) is 0 Å². The van der Waals surface area contributed by atoms with Gasteiger partial charge in [0.2, 0.25) is 5.91 Å². The van der Waals surface area contributed by atoms with Crippen LogP contribution in [0.15, 0.2) is 0 Å². The van der Waals surface area contributed by atoms with Crippen molar-refractivity contribution in [3.8, 4) is 0 Å². The Balaban J connectivity index is 2.12. The van der Waals surface area contributed by atoms with Crippen LogP contribution >= 0.6 is 11.8 Å². The third-order valence-electron chi connectivity index (χ3n) is 2.66. The highest BCUT2D eigenvalue weighted by Crippen LogP contribution is 2.42. The average Bonchev–Trinajstić information content (AvgIpc) is 2.36. The van der Waals surface area contributed by atoms with E-state index >= 15 is 0 Å². The maximum Gasteiger partial charge on any atom is 0.236 e. The Bertz CT molecular complexity index is 175. The minimum atomic E-state index is -0.00174. The van der Waals surface area contributed by atoms with Crippen molar-refractivity contribution in [1.82, 2.24) is 5.32 Å². The monoisotopic (exact) mass is 171 g/mol. The lowest BCUT2D eigenvalue weighted by Gasteiger charge is -2.28. The van der Waals surface area contributed by atoms with Gasteiger partial charge >= 0.3 is 0 Å². The molecule has 1 spiro atoms. The minimum Gasteiger partial charge on any atom is -0.346 e. The Kier molecular flexibility index (Phi) is 1.83. The summed E-state index contributed by atoms with van der Waals surface area (Å²) >= 11 is 1.81. The zero-order valence-corrected chi connectivity index (χ0v) is 7.38. The summed E-state index contributed by atoms with van der Waals surface area (Å²) in [6.45, 7) is 0. The van der Waals surface area contributed by atoms with Crippen molar-refractivity contribution in [2.75, 3.05) is 5.88 Å². The molecule has 0 aromatic carbocycles. The van der Waals surface area contributed by atoms with E-state index in [1.165, 1.54) is 19.3 Å². The van der Waals surface area contributed by atoms with Crippen LogP contribution in [0.2, 0.25) is 0 Å². The van der Waals surface area contributed by atoms with Crippen LogP contribution in [0.25, 0.3) is 0 Å². The highest BCUT2D eigenvalue weighted by molar-refractivity contribution is 8.01. The molecule has 1 saturated carbocycles. The fourth-order valence-electron chi connectivity index (χ4n) is 1.96. The van der Waals surface area contributed by atoms with E-state index < -0.39 is 0 Å². The van der Waals surface area contributed by atoms with E-state index in [-0.39, 0.29) is 4.75 Å². The summed E-state index contributed by atoms with van der Waals surface area (Å²) in [4.78, 5) is 11.4. The van der Waals surface area contributed by atoms with Gasteiger partial charge in [-0.1, -0.05) is 19.3 Å². The number of carbonyl (C=O) groups is 1. The largest absolute Gasteiger partial charge is 0.346 e. The topological polar surface area (TPSA) is 29.1 Å². The summed E-state index contributed by atoms with van der Waals surface area (Å²) in [5.74, 6) is 1.13. The number of carbonyl (C=O) groups excluding carboxylic acids is 1. The van der Waals surface area contributed by atoms with Crippen molar-refractivity contribution in [2.24, 2.45) is 0 Å². The number of nitrogens with one attached hydrogen (secondary N) is 1. The van der Waals surface area contributed by atoms with Gasteiger partial charge in [-0.2, -0.15) is 0 Å². The van der Waals surface area contributed by atoms with Gasteiger partial charge in [-0.05, 0) is 12.8 Å². The van der Waals surface area contributed by atoms with Gasteiger partial charge in [0.1, 0.15) is 0 Å². The fourth-order valence-corrected chi connectivity index (χ4v) is 3.22. The van der Waals surface area contributed by atoms with E-state index in [1.807, 2.05) is 11.8 Å². The normalized spacial score (nSPS) is 28.9. The molecule has 2 rings (SSSR count). The van der Waals surface area contributed by atoms with Crippen molar-refractivity contribution in [3.05, 3.63) is 0 Å². The van der Waals surface area contributed by atoms with Gasteiger partial charge in [0, 0.05) is 0 Å². The molecule has 11 heavy (non-hydrogen) atoms. The number of thioether (sulfide) groups is 1. The van der Waals surface area contributed by atoms with Gasteiger partial charge in [0.15, 0.2) is 0 Å². The summed E-state index contributed by atoms with van der Waals surface area (Å²) < 4.78 is -0.00174. The van der Waals surface area contributed by atoms with Crippen LogP contribution in [0.4, 0.5) is 0 Å². The third kappa shape index (κ3) is 1.15. The highest BCUT2D eigenvalue weighted by Gasteiger charge is 2.43. The molecule has 0 radical (unpaired) electrons. The van der Waals surface area contributed by atoms with E-state index in [4.69, 9.17) is 0 Å². The van der Waals surface area contributed by atoms with E-state index in [1.54, 1.807) is 0 Å². The molecule has 0 atom stereocenters. The van der Waals surface area contributed by atoms with Crippen molar-refractivity contribution >= 4 is 17.7 Å². The maximum absolute atomic E-state index is 11.4. The molecular formula is C8H13NOS. The molecule has 2 aliphatic rings. The lowest BCUT2D eigenvalue weighted by Crippen LogP contribution is -2.37. The number of hydrogen-bond acceptors (Lipinski definition) is 2. The second-order valence-corrected chi connectivity index (χ2v) is 4.71. The first-order valence-corrected chi connectivity index (χ1v) is 5.24. The lowest BCUT2D eigenvalue weighted by molar-refractivity contribution is -0.123. The molecule has 0 unspecified atom stereocenters. The first-order valence-electron chi connectivity index (χ1n) is 4.26. The molecule has 1 aliphatic carbocycles. The van der Waals surface area contributed by atoms with E-state index in [0.29, 0.717) is 5.91 Å². The van der Waals surface area contributed by atoms with Crippen LogP contribution in [0.5, 0.6) is 0 Å². The SMILES string of the molecule is O=C1NCSC12CCCCC2. The molecule has 1 heterocycles. The number of hydrogen-bond donors (Lipinski definition) is 1. The highest BCUT2D eigenvalue weighted by atomic mass is 32.2. The van der Waals surface area contributed by atoms with E-state index in [9.17, 15) is 4.79 Å². The fraction of sp³-hybridized carbons (Fsp3) is 0.875. The molecule has 1 amide bonds. The molecule has 2 fully saturated rings.